The first-order chi connectivity index (χ1) is 22.1. The Morgan fingerprint density at radius 1 is 0.936 bits per heavy atom. The van der Waals surface area contributed by atoms with Crippen LogP contribution in [0.25, 0.3) is 0 Å². The molecule has 0 amide bonds. The van der Waals surface area contributed by atoms with Gasteiger partial charge in [0.1, 0.15) is 0 Å². The van der Waals surface area contributed by atoms with E-state index in [4.69, 9.17) is 6.42 Å². The second-order valence-electron chi connectivity index (χ2n) is 13.5. The van der Waals surface area contributed by atoms with Crippen molar-refractivity contribution in [3.05, 3.63) is 72.9 Å². The monoisotopic (exact) mass is 672 g/mol. The second-order valence-corrected chi connectivity index (χ2v) is 13.7. The summed E-state index contributed by atoms with van der Waals surface area (Å²) in [5.74, 6) is 4.64. The lowest BCUT2D eigenvalue weighted by molar-refractivity contribution is 0.157. The smallest absolute Gasteiger partial charge is 0.0523 e. The highest BCUT2D eigenvalue weighted by atomic mass is 32.1. The molecule has 47 heavy (non-hydrogen) atoms. The summed E-state index contributed by atoms with van der Waals surface area (Å²) in [5, 5.41) is 0. The van der Waals surface area contributed by atoms with E-state index in [0.29, 0.717) is 28.6 Å². The molecule has 0 saturated heterocycles. The second kappa shape index (κ2) is 30.4. The van der Waals surface area contributed by atoms with Crippen molar-refractivity contribution in [3.63, 3.8) is 0 Å². The molecule has 2 heteroatoms. The predicted octanol–water partition coefficient (Wildman–Crippen LogP) is 15.3. The average Bonchev–Trinajstić information content (AvgIpc) is 3.70. The largest absolute Gasteiger partial charge is 0.259 e. The van der Waals surface area contributed by atoms with Crippen LogP contribution in [0.2, 0.25) is 0 Å². The number of hydrogen-bond acceptors (Lipinski definition) is 2. The van der Waals surface area contributed by atoms with Crippen LogP contribution in [0.1, 0.15) is 175 Å². The maximum atomic E-state index is 6.09. The van der Waals surface area contributed by atoms with Crippen molar-refractivity contribution in [2.75, 3.05) is 0 Å². The van der Waals surface area contributed by atoms with Gasteiger partial charge < -0.3 is 0 Å². The number of nitrogens with one attached hydrogen (secondary N) is 1. The molecule has 5 atom stereocenters. The molecule has 0 spiro atoms. The van der Waals surface area contributed by atoms with E-state index in [1.807, 2.05) is 55.4 Å². The highest BCUT2D eigenvalue weighted by Gasteiger charge is 2.64. The summed E-state index contributed by atoms with van der Waals surface area (Å²) >= 11 is 4.39. The van der Waals surface area contributed by atoms with Crippen LogP contribution in [-0.2, 0) is 0 Å². The maximum absolute atomic E-state index is 6.09. The Bertz CT molecular complexity index is 911. The van der Waals surface area contributed by atoms with Crippen molar-refractivity contribution in [1.29, 1.82) is 0 Å². The first-order valence-corrected chi connectivity index (χ1v) is 19.4. The van der Waals surface area contributed by atoms with Crippen molar-refractivity contribution >= 4 is 12.8 Å². The molecule has 276 valence electrons. The van der Waals surface area contributed by atoms with Gasteiger partial charge in [-0.2, -0.15) is 0 Å². The van der Waals surface area contributed by atoms with Gasteiger partial charge in [0.05, 0.1) is 5.41 Å². The summed E-state index contributed by atoms with van der Waals surface area (Å²) < 4.78 is 3.20. The Morgan fingerprint density at radius 3 is 1.68 bits per heavy atom. The number of terminal acetylenes is 1. The normalized spacial score (nSPS) is 19.9. The third-order valence-electron chi connectivity index (χ3n) is 9.24. The highest BCUT2D eigenvalue weighted by molar-refractivity contribution is 7.78. The molecule has 1 aliphatic carbocycles. The van der Waals surface area contributed by atoms with Gasteiger partial charge in [0.15, 0.2) is 0 Å². The Morgan fingerprint density at radius 2 is 1.38 bits per heavy atom. The number of thiol groups is 1. The summed E-state index contributed by atoms with van der Waals surface area (Å²) in [6.45, 7) is 46.9. The summed E-state index contributed by atoms with van der Waals surface area (Å²) in [5.41, 5.74) is 3.49. The van der Waals surface area contributed by atoms with Gasteiger partial charge in [0, 0.05) is 5.54 Å². The SMILES string of the molecule is C#CC1(CC(C(C=CC)=CC(C)c2ccccc2)C(CC)CCC)CC1(C)NS.C=C.CC.CC.CC.CC.CC(C)(C)C(C)(C)C. The van der Waals surface area contributed by atoms with Crippen LogP contribution in [-0.4, -0.2) is 5.54 Å². The van der Waals surface area contributed by atoms with Crippen molar-refractivity contribution in [2.24, 2.45) is 28.1 Å². The zero-order chi connectivity index (χ0) is 38.5. The van der Waals surface area contributed by atoms with Crippen LogP contribution in [0.3, 0.4) is 0 Å². The van der Waals surface area contributed by atoms with Crippen LogP contribution in [0, 0.1) is 40.4 Å². The maximum Gasteiger partial charge on any atom is 0.0523 e. The topological polar surface area (TPSA) is 12.0 Å². The zero-order valence-electron chi connectivity index (χ0n) is 35.3. The molecule has 1 nitrogen and oxygen atoms in total. The van der Waals surface area contributed by atoms with E-state index in [0.717, 1.165) is 12.8 Å². The molecule has 1 N–H and O–H groups in total. The standard InChI is InChI=1S/C27H39NS.C8H18.4C2H6.C2H4/c1-7-14-22(9-3)25(19-27(10-4)20-26(27,6)28-29)24(15-8-2)18-21(5)23-16-12-11-13-17-23;1-7(2,3)8(4,5)6;5*1-2/h4,8,11-13,15-18,21-22,25,28-29H,7,9,14,19-20H2,1-3,5-6H3;1-6H3;4*1-2H3;1-2H2. The van der Waals surface area contributed by atoms with E-state index >= 15 is 0 Å². The third-order valence-corrected chi connectivity index (χ3v) is 9.73. The van der Waals surface area contributed by atoms with Crippen LogP contribution >= 0.6 is 12.8 Å². The molecule has 0 aromatic heterocycles. The van der Waals surface area contributed by atoms with Gasteiger partial charge in [-0.25, -0.2) is 0 Å². The van der Waals surface area contributed by atoms with Gasteiger partial charge in [0.2, 0.25) is 0 Å². The van der Waals surface area contributed by atoms with Crippen molar-refractivity contribution < 1.29 is 0 Å². The molecule has 1 aliphatic rings. The number of allylic oxidation sites excluding steroid dienone is 4. The fraction of sp³-hybridized carbons (Fsp3) is 0.689. The minimum atomic E-state index is -0.114. The van der Waals surface area contributed by atoms with Gasteiger partial charge in [-0.1, -0.05) is 204 Å². The van der Waals surface area contributed by atoms with Crippen molar-refractivity contribution in [3.8, 4) is 12.3 Å². The summed E-state index contributed by atoms with van der Waals surface area (Å²) in [6, 6.07) is 10.8. The number of benzene rings is 1. The van der Waals surface area contributed by atoms with Gasteiger partial charge in [-0.05, 0) is 66.4 Å². The van der Waals surface area contributed by atoms with E-state index in [1.54, 1.807) is 0 Å². The molecule has 0 radical (unpaired) electrons. The first kappa shape index (κ1) is 54.7. The summed E-state index contributed by atoms with van der Waals surface area (Å²) in [6.07, 6.45) is 18.7. The van der Waals surface area contributed by atoms with E-state index in [1.165, 1.54) is 30.4 Å². The molecule has 1 saturated carbocycles. The predicted molar refractivity (Wildman–Crippen MR) is 227 cm³/mol. The molecule has 1 fully saturated rings. The quantitative estimate of drug-likeness (QED) is 0.103. The lowest BCUT2D eigenvalue weighted by atomic mass is 9.71. The minimum absolute atomic E-state index is 0.0697. The molecule has 1 aromatic rings. The summed E-state index contributed by atoms with van der Waals surface area (Å²) in [4.78, 5) is 0. The lowest BCUT2D eigenvalue weighted by Crippen LogP contribution is -2.30. The Labute approximate surface area is 304 Å². The van der Waals surface area contributed by atoms with Crippen LogP contribution in [0.15, 0.2) is 67.3 Å². The molecule has 5 unspecified atom stereocenters. The molecule has 0 heterocycles. The Kier molecular flexibility index (Phi) is 35.4. The number of rotatable bonds is 11. The Balaban J connectivity index is -0.000000274. The van der Waals surface area contributed by atoms with Crippen molar-refractivity contribution in [1.82, 2.24) is 4.72 Å². The molecule has 0 bridgehead atoms. The van der Waals surface area contributed by atoms with Crippen LogP contribution < -0.4 is 4.72 Å². The third kappa shape index (κ3) is 19.8. The van der Waals surface area contributed by atoms with Crippen molar-refractivity contribution in [2.45, 2.75) is 175 Å². The molecular weight excluding hydrogens is 587 g/mol. The highest BCUT2D eigenvalue weighted by Crippen LogP contribution is 2.61. The molecular formula is C45H85NS. The molecule has 0 aliphatic heterocycles. The van der Waals surface area contributed by atoms with Crippen LogP contribution in [0.5, 0.6) is 0 Å². The molecule has 2 rings (SSSR count). The fourth-order valence-electron chi connectivity index (χ4n) is 4.90. The molecule has 1 aromatic carbocycles. The minimum Gasteiger partial charge on any atom is -0.259 e. The Hall–Kier alpha value is -1.69. The van der Waals surface area contributed by atoms with Gasteiger partial charge in [-0.15, -0.1) is 19.6 Å². The van der Waals surface area contributed by atoms with Gasteiger partial charge in [0.25, 0.3) is 0 Å². The van der Waals surface area contributed by atoms with Gasteiger partial charge >= 0.3 is 0 Å². The number of hydrogen-bond donors (Lipinski definition) is 2. The fourth-order valence-corrected chi connectivity index (χ4v) is 5.20. The zero-order valence-corrected chi connectivity index (χ0v) is 36.2. The average molecular weight is 672 g/mol. The van der Waals surface area contributed by atoms with E-state index in [9.17, 15) is 0 Å². The van der Waals surface area contributed by atoms with E-state index in [2.05, 4.69) is 161 Å². The first-order valence-electron chi connectivity index (χ1n) is 18.9. The van der Waals surface area contributed by atoms with Gasteiger partial charge in [-0.3, -0.25) is 4.72 Å². The summed E-state index contributed by atoms with van der Waals surface area (Å²) in [7, 11) is 0. The van der Waals surface area contributed by atoms with E-state index < -0.39 is 0 Å². The van der Waals surface area contributed by atoms with Crippen LogP contribution in [0.4, 0.5) is 0 Å². The van der Waals surface area contributed by atoms with E-state index in [-0.39, 0.29) is 11.0 Å². The lowest BCUT2D eigenvalue weighted by Gasteiger charge is -2.34.